The van der Waals surface area contributed by atoms with Gasteiger partial charge in [0, 0.05) is 18.8 Å². The average molecular weight is 431 g/mol. The summed E-state index contributed by atoms with van der Waals surface area (Å²) in [5, 5.41) is 4.73. The third kappa shape index (κ3) is 4.97. The third-order valence-corrected chi connectivity index (χ3v) is 6.18. The lowest BCUT2D eigenvalue weighted by Gasteiger charge is -2.18. The Balaban J connectivity index is 1.68. The fourth-order valence-corrected chi connectivity index (χ4v) is 4.54. The van der Waals surface area contributed by atoms with E-state index in [9.17, 15) is 30.8 Å². The van der Waals surface area contributed by atoms with Crippen LogP contribution in [0.15, 0.2) is 42.5 Å². The number of urea groups is 1. The first-order valence-corrected chi connectivity index (χ1v) is 10.2. The topological polar surface area (TPSA) is 78.5 Å². The molecule has 2 N–H and O–H groups in total. The summed E-state index contributed by atoms with van der Waals surface area (Å²) in [6.07, 6.45) is -4.26. The summed E-state index contributed by atoms with van der Waals surface area (Å²) in [6.45, 7) is -0.135. The largest absolute Gasteiger partial charge is 0.416 e. The minimum atomic E-state index is -4.76. The summed E-state index contributed by atoms with van der Waals surface area (Å²) < 4.78 is 77.4. The molecule has 2 amide bonds. The Morgan fingerprint density at radius 1 is 1.14 bits per heavy atom. The number of amides is 2. The molecule has 1 heterocycles. The Kier molecular flexibility index (Phi) is 5.69. The number of nitrogens with zero attached hydrogens (tertiary/aromatic N) is 1. The van der Waals surface area contributed by atoms with Gasteiger partial charge in [-0.05, 0) is 42.3 Å². The van der Waals surface area contributed by atoms with Crippen LogP contribution in [0.5, 0.6) is 0 Å². The molecule has 0 atom stereocenters. The highest BCUT2D eigenvalue weighted by molar-refractivity contribution is 7.93. The first kappa shape index (κ1) is 20.9. The van der Waals surface area contributed by atoms with Crippen molar-refractivity contribution in [3.05, 3.63) is 59.4 Å². The van der Waals surface area contributed by atoms with Crippen molar-refractivity contribution >= 4 is 27.4 Å². The molecule has 1 saturated heterocycles. The van der Waals surface area contributed by atoms with E-state index in [0.717, 1.165) is 12.1 Å². The van der Waals surface area contributed by atoms with Gasteiger partial charge in [0.25, 0.3) is 0 Å². The first-order chi connectivity index (χ1) is 13.6. The highest BCUT2D eigenvalue weighted by Gasteiger charge is 2.33. The van der Waals surface area contributed by atoms with Crippen molar-refractivity contribution in [3.63, 3.8) is 0 Å². The van der Waals surface area contributed by atoms with Gasteiger partial charge in [-0.1, -0.05) is 12.1 Å². The molecule has 156 valence electrons. The molecule has 0 unspecified atom stereocenters. The second-order valence-corrected chi connectivity index (χ2v) is 8.41. The third-order valence-electron chi connectivity index (χ3n) is 4.31. The van der Waals surface area contributed by atoms with Gasteiger partial charge in [0.1, 0.15) is 5.82 Å². The number of nitrogens with one attached hydrogen (secondary N) is 2. The maximum atomic E-state index is 13.1. The van der Waals surface area contributed by atoms with Crippen molar-refractivity contribution in [2.75, 3.05) is 21.9 Å². The number of alkyl halides is 3. The summed E-state index contributed by atoms with van der Waals surface area (Å²) >= 11 is 0. The highest BCUT2D eigenvalue weighted by atomic mass is 32.2. The molecule has 0 aromatic heterocycles. The van der Waals surface area contributed by atoms with Crippen molar-refractivity contribution in [2.24, 2.45) is 0 Å². The fourth-order valence-electron chi connectivity index (χ4n) is 2.99. The predicted molar refractivity (Wildman–Crippen MR) is 99.5 cm³/mol. The lowest BCUT2D eigenvalue weighted by atomic mass is 10.1. The summed E-state index contributed by atoms with van der Waals surface area (Å²) in [7, 11) is -3.39. The van der Waals surface area contributed by atoms with Crippen molar-refractivity contribution in [1.29, 1.82) is 0 Å². The zero-order chi connectivity index (χ0) is 21.2. The second-order valence-electron chi connectivity index (χ2n) is 6.40. The fraction of sp³-hybridized carbons (Fsp3) is 0.278. The minimum absolute atomic E-state index is 0.0460. The highest BCUT2D eigenvalue weighted by Crippen LogP contribution is 2.32. The number of anilines is 2. The van der Waals surface area contributed by atoms with Gasteiger partial charge in [-0.15, -0.1) is 0 Å². The number of carbonyl (C=O) groups is 1. The van der Waals surface area contributed by atoms with Crippen LogP contribution in [0.4, 0.5) is 33.7 Å². The smallest absolute Gasteiger partial charge is 0.334 e. The number of hydrogen-bond donors (Lipinski definition) is 2. The van der Waals surface area contributed by atoms with Gasteiger partial charge in [0.2, 0.25) is 10.0 Å². The SMILES string of the molecule is O=C(NCc1ccc(F)cc1C(F)(F)F)Nc1cccc(N2CCCS2(=O)=O)c1. The van der Waals surface area contributed by atoms with Crippen LogP contribution in [-0.4, -0.2) is 26.7 Å². The summed E-state index contributed by atoms with van der Waals surface area (Å²) in [5.74, 6) is -0.983. The lowest BCUT2D eigenvalue weighted by molar-refractivity contribution is -0.138. The van der Waals surface area contributed by atoms with E-state index < -0.39 is 40.2 Å². The Hall–Kier alpha value is -2.82. The maximum absolute atomic E-state index is 13.1. The van der Waals surface area contributed by atoms with Crippen LogP contribution >= 0.6 is 0 Å². The molecule has 1 aliphatic rings. The molecule has 11 heteroatoms. The molecule has 2 aromatic rings. The summed E-state index contributed by atoms with van der Waals surface area (Å²) in [4.78, 5) is 12.1. The van der Waals surface area contributed by atoms with Gasteiger partial charge in [0.05, 0.1) is 17.0 Å². The second kappa shape index (κ2) is 7.90. The van der Waals surface area contributed by atoms with Crippen LogP contribution in [0.3, 0.4) is 0 Å². The molecule has 2 aromatic carbocycles. The van der Waals surface area contributed by atoms with Crippen molar-refractivity contribution in [1.82, 2.24) is 5.32 Å². The molecule has 1 fully saturated rings. The van der Waals surface area contributed by atoms with E-state index in [4.69, 9.17) is 0 Å². The molecule has 29 heavy (non-hydrogen) atoms. The Morgan fingerprint density at radius 2 is 1.90 bits per heavy atom. The van der Waals surface area contributed by atoms with Gasteiger partial charge in [-0.2, -0.15) is 13.2 Å². The van der Waals surface area contributed by atoms with Gasteiger partial charge in [0.15, 0.2) is 0 Å². The molecule has 1 aliphatic heterocycles. The van der Waals surface area contributed by atoms with Crippen LogP contribution in [-0.2, 0) is 22.7 Å². The predicted octanol–water partition coefficient (Wildman–Crippen LogP) is 3.71. The van der Waals surface area contributed by atoms with Crippen LogP contribution in [0.1, 0.15) is 17.5 Å². The molecule has 3 rings (SSSR count). The first-order valence-electron chi connectivity index (χ1n) is 8.57. The average Bonchev–Trinajstić information content (AvgIpc) is 2.99. The number of hydrogen-bond acceptors (Lipinski definition) is 3. The van der Waals surface area contributed by atoms with Gasteiger partial charge in [-0.3, -0.25) is 4.31 Å². The zero-order valence-corrected chi connectivity index (χ0v) is 15.8. The number of benzene rings is 2. The van der Waals surface area contributed by atoms with E-state index in [1.54, 1.807) is 12.1 Å². The standard InChI is InChI=1S/C18H17F4N3O3S/c19-13-6-5-12(16(9-13)18(20,21)22)11-23-17(26)24-14-3-1-4-15(10-14)25-7-2-8-29(25,27)28/h1,3-6,9-10H,2,7-8,11H2,(H2,23,24,26). The van der Waals surface area contributed by atoms with Gasteiger partial charge < -0.3 is 10.6 Å². The van der Waals surface area contributed by atoms with E-state index in [2.05, 4.69) is 10.6 Å². The molecule has 0 spiro atoms. The van der Waals surface area contributed by atoms with E-state index in [1.165, 1.54) is 16.4 Å². The lowest BCUT2D eigenvalue weighted by Crippen LogP contribution is -2.29. The number of sulfonamides is 1. The van der Waals surface area contributed by atoms with E-state index in [1.807, 2.05) is 0 Å². The molecule has 0 radical (unpaired) electrons. The van der Waals surface area contributed by atoms with Crippen LogP contribution in [0.25, 0.3) is 0 Å². The quantitative estimate of drug-likeness (QED) is 0.725. The molecule has 0 bridgehead atoms. The molecule has 6 nitrogen and oxygen atoms in total. The Morgan fingerprint density at radius 3 is 2.55 bits per heavy atom. The molecular weight excluding hydrogens is 414 g/mol. The van der Waals surface area contributed by atoms with Crippen LogP contribution in [0.2, 0.25) is 0 Å². The molecular formula is C18H17F4N3O3S. The van der Waals surface area contributed by atoms with Crippen LogP contribution < -0.4 is 14.9 Å². The van der Waals surface area contributed by atoms with Crippen LogP contribution in [0, 0.1) is 5.82 Å². The Bertz CT molecular complexity index is 1030. The summed E-state index contributed by atoms with van der Waals surface area (Å²) in [5.41, 5.74) is -0.791. The van der Waals surface area contributed by atoms with Gasteiger partial charge in [-0.25, -0.2) is 17.6 Å². The number of carbonyl (C=O) groups excluding carboxylic acids is 1. The van der Waals surface area contributed by atoms with E-state index in [-0.39, 0.29) is 17.0 Å². The minimum Gasteiger partial charge on any atom is -0.334 e. The summed E-state index contributed by atoms with van der Waals surface area (Å²) in [6, 6.07) is 7.53. The van der Waals surface area contributed by atoms with Crippen molar-refractivity contribution in [2.45, 2.75) is 19.1 Å². The molecule has 0 aliphatic carbocycles. The monoisotopic (exact) mass is 431 g/mol. The van der Waals surface area contributed by atoms with Crippen molar-refractivity contribution < 1.29 is 30.8 Å². The van der Waals surface area contributed by atoms with E-state index >= 15 is 0 Å². The van der Waals surface area contributed by atoms with Crippen molar-refractivity contribution in [3.8, 4) is 0 Å². The number of rotatable bonds is 4. The molecule has 0 saturated carbocycles. The van der Waals surface area contributed by atoms with Gasteiger partial charge >= 0.3 is 12.2 Å². The van der Waals surface area contributed by atoms with E-state index in [0.29, 0.717) is 24.7 Å². The maximum Gasteiger partial charge on any atom is 0.416 e. The number of halogens is 4. The zero-order valence-electron chi connectivity index (χ0n) is 15.0. The Labute approximate surface area is 164 Å². The normalized spacial score (nSPS) is 15.9.